The summed E-state index contributed by atoms with van der Waals surface area (Å²) >= 11 is 5.98. The minimum Gasteiger partial charge on any atom is -0.489 e. The molecule has 2 rings (SSSR count). The molecule has 0 aliphatic rings. The molecule has 3 nitrogen and oxygen atoms in total. The first-order valence-electron chi connectivity index (χ1n) is 5.94. The van der Waals surface area contributed by atoms with Crippen LogP contribution in [0.1, 0.15) is 11.5 Å². The maximum absolute atomic E-state index is 13.4. The monoisotopic (exact) mass is 294 g/mol. The summed E-state index contributed by atoms with van der Waals surface area (Å²) in [6.07, 6.45) is 0. The zero-order valence-electron chi connectivity index (χ0n) is 10.4. The highest BCUT2D eigenvalue weighted by atomic mass is 35.5. The Morgan fingerprint density at radius 2 is 1.85 bits per heavy atom. The quantitative estimate of drug-likeness (QED) is 0.914. The van der Waals surface area contributed by atoms with Crippen LogP contribution < -0.4 is 4.74 Å². The number of aliphatic carboxylic acids is 1. The predicted octanol–water partition coefficient (Wildman–Crippen LogP) is 3.73. The molecule has 104 valence electrons. The molecule has 0 amide bonds. The Hall–Kier alpha value is -2.07. The first kappa shape index (κ1) is 14.3. The Bertz CT molecular complexity index is 616. The van der Waals surface area contributed by atoms with Crippen LogP contribution in [0.3, 0.4) is 0 Å². The summed E-state index contributed by atoms with van der Waals surface area (Å²) in [5.41, 5.74) is 0.443. The first-order chi connectivity index (χ1) is 9.59. The molecule has 1 atom stereocenters. The van der Waals surface area contributed by atoms with Gasteiger partial charge >= 0.3 is 5.97 Å². The molecule has 0 radical (unpaired) electrons. The molecule has 2 aromatic carbocycles. The molecular weight excluding hydrogens is 283 g/mol. The number of ether oxygens (including phenoxy) is 1. The van der Waals surface area contributed by atoms with Crippen molar-refractivity contribution < 1.29 is 19.0 Å². The topological polar surface area (TPSA) is 46.5 Å². The zero-order chi connectivity index (χ0) is 14.5. The number of carboxylic acid groups (broad SMARTS) is 1. The normalized spacial score (nSPS) is 11.9. The molecule has 5 heteroatoms. The van der Waals surface area contributed by atoms with Crippen LogP contribution in [0, 0.1) is 5.82 Å². The van der Waals surface area contributed by atoms with Crippen LogP contribution in [0.25, 0.3) is 0 Å². The third kappa shape index (κ3) is 3.27. The van der Waals surface area contributed by atoms with Crippen molar-refractivity contribution >= 4 is 17.6 Å². The molecule has 2 aromatic rings. The molecule has 0 heterocycles. The Morgan fingerprint density at radius 1 is 1.20 bits per heavy atom. The lowest BCUT2D eigenvalue weighted by Crippen LogP contribution is -2.20. The highest BCUT2D eigenvalue weighted by molar-refractivity contribution is 6.31. The number of benzene rings is 2. The molecule has 0 aliphatic heterocycles. The smallest absolute Gasteiger partial charge is 0.314 e. The van der Waals surface area contributed by atoms with Gasteiger partial charge in [-0.15, -0.1) is 0 Å². The molecule has 20 heavy (non-hydrogen) atoms. The van der Waals surface area contributed by atoms with Gasteiger partial charge in [0.2, 0.25) is 0 Å². The Morgan fingerprint density at radius 3 is 2.50 bits per heavy atom. The van der Waals surface area contributed by atoms with Gasteiger partial charge in [0.05, 0.1) is 0 Å². The van der Waals surface area contributed by atoms with E-state index in [1.165, 1.54) is 18.2 Å². The highest BCUT2D eigenvalue weighted by Gasteiger charge is 2.23. The number of carboxylic acids is 1. The summed E-state index contributed by atoms with van der Waals surface area (Å²) in [6, 6.07) is 12.5. The summed E-state index contributed by atoms with van der Waals surface area (Å²) in [5, 5.41) is 9.61. The molecule has 0 saturated heterocycles. The first-order valence-corrected chi connectivity index (χ1v) is 6.32. The van der Waals surface area contributed by atoms with E-state index in [1.54, 1.807) is 30.3 Å². The van der Waals surface area contributed by atoms with Gasteiger partial charge in [0.15, 0.2) is 11.6 Å². The molecule has 0 saturated carbocycles. The summed E-state index contributed by atoms with van der Waals surface area (Å²) in [4.78, 5) is 11.3. The van der Waals surface area contributed by atoms with Gasteiger partial charge < -0.3 is 9.84 Å². The molecular formula is C15H12ClFO3. The van der Waals surface area contributed by atoms with Gasteiger partial charge in [-0.05, 0) is 23.8 Å². The van der Waals surface area contributed by atoms with Gasteiger partial charge in [0.25, 0.3) is 0 Å². The molecule has 0 aromatic heterocycles. The standard InChI is InChI=1S/C15H12ClFO3/c16-12-6-2-1-5-10(12)11(15(18)19)9-20-14-8-4-3-7-13(14)17/h1-8,11H,9H2,(H,18,19). The maximum Gasteiger partial charge on any atom is 0.314 e. The van der Waals surface area contributed by atoms with E-state index in [1.807, 2.05) is 0 Å². The summed E-state index contributed by atoms with van der Waals surface area (Å²) in [5.74, 6) is -2.54. The van der Waals surface area contributed by atoms with E-state index in [-0.39, 0.29) is 12.4 Å². The molecule has 0 aliphatic carbocycles. The number of halogens is 2. The number of carbonyl (C=O) groups is 1. The van der Waals surface area contributed by atoms with Crippen molar-refractivity contribution in [3.05, 3.63) is 64.9 Å². The second-order valence-corrected chi connectivity index (χ2v) is 4.56. The van der Waals surface area contributed by atoms with E-state index in [2.05, 4.69) is 0 Å². The lowest BCUT2D eigenvalue weighted by Gasteiger charge is -2.15. The largest absolute Gasteiger partial charge is 0.489 e. The van der Waals surface area contributed by atoms with Crippen LogP contribution in [0.5, 0.6) is 5.75 Å². The Kier molecular flexibility index (Phi) is 4.58. The molecule has 0 spiro atoms. The van der Waals surface area contributed by atoms with Crippen molar-refractivity contribution in [2.24, 2.45) is 0 Å². The van der Waals surface area contributed by atoms with E-state index in [0.717, 1.165) is 0 Å². The average Bonchev–Trinajstić information content (AvgIpc) is 2.42. The van der Waals surface area contributed by atoms with Crippen molar-refractivity contribution in [1.29, 1.82) is 0 Å². The number of rotatable bonds is 5. The lowest BCUT2D eigenvalue weighted by atomic mass is 10.0. The van der Waals surface area contributed by atoms with E-state index in [0.29, 0.717) is 10.6 Å². The number of hydrogen-bond donors (Lipinski definition) is 1. The molecule has 1 unspecified atom stereocenters. The maximum atomic E-state index is 13.4. The predicted molar refractivity (Wildman–Crippen MR) is 73.7 cm³/mol. The van der Waals surface area contributed by atoms with Crippen molar-refractivity contribution in [3.63, 3.8) is 0 Å². The van der Waals surface area contributed by atoms with Crippen LogP contribution in [-0.4, -0.2) is 17.7 Å². The minimum atomic E-state index is -1.07. The Balaban J connectivity index is 2.18. The van der Waals surface area contributed by atoms with Crippen LogP contribution >= 0.6 is 11.6 Å². The third-order valence-corrected chi connectivity index (χ3v) is 3.17. The van der Waals surface area contributed by atoms with Gasteiger partial charge in [0, 0.05) is 5.02 Å². The fraction of sp³-hybridized carbons (Fsp3) is 0.133. The van der Waals surface area contributed by atoms with Crippen molar-refractivity contribution in [3.8, 4) is 5.75 Å². The van der Waals surface area contributed by atoms with Crippen molar-refractivity contribution in [2.45, 2.75) is 5.92 Å². The van der Waals surface area contributed by atoms with E-state index in [9.17, 15) is 14.3 Å². The van der Waals surface area contributed by atoms with Gasteiger partial charge in [-0.25, -0.2) is 4.39 Å². The Labute approximate surface area is 120 Å². The highest BCUT2D eigenvalue weighted by Crippen LogP contribution is 2.26. The number of para-hydroxylation sites is 1. The van der Waals surface area contributed by atoms with E-state index in [4.69, 9.17) is 16.3 Å². The van der Waals surface area contributed by atoms with Gasteiger partial charge in [0.1, 0.15) is 12.5 Å². The van der Waals surface area contributed by atoms with Gasteiger partial charge in [-0.1, -0.05) is 41.9 Å². The van der Waals surface area contributed by atoms with Crippen LogP contribution in [0.2, 0.25) is 5.02 Å². The SMILES string of the molecule is O=C(O)C(COc1ccccc1F)c1ccccc1Cl. The molecule has 1 N–H and O–H groups in total. The number of hydrogen-bond acceptors (Lipinski definition) is 2. The molecule has 0 fully saturated rings. The summed E-state index contributed by atoms with van der Waals surface area (Å²) < 4.78 is 18.7. The molecule has 0 bridgehead atoms. The minimum absolute atomic E-state index is 0.0193. The van der Waals surface area contributed by atoms with Crippen LogP contribution in [0.4, 0.5) is 4.39 Å². The summed E-state index contributed by atoms with van der Waals surface area (Å²) in [6.45, 7) is -0.194. The zero-order valence-corrected chi connectivity index (χ0v) is 11.2. The van der Waals surface area contributed by atoms with E-state index < -0.39 is 17.7 Å². The van der Waals surface area contributed by atoms with Crippen molar-refractivity contribution in [1.82, 2.24) is 0 Å². The van der Waals surface area contributed by atoms with Crippen molar-refractivity contribution in [2.75, 3.05) is 6.61 Å². The van der Waals surface area contributed by atoms with E-state index >= 15 is 0 Å². The fourth-order valence-electron chi connectivity index (χ4n) is 1.79. The average molecular weight is 295 g/mol. The third-order valence-electron chi connectivity index (χ3n) is 2.82. The summed E-state index contributed by atoms with van der Waals surface area (Å²) in [7, 11) is 0. The fourth-order valence-corrected chi connectivity index (χ4v) is 2.05. The van der Waals surface area contributed by atoms with Gasteiger partial charge in [-0.2, -0.15) is 0 Å². The second kappa shape index (κ2) is 6.39. The van der Waals surface area contributed by atoms with Crippen LogP contribution in [-0.2, 0) is 4.79 Å². The second-order valence-electron chi connectivity index (χ2n) is 4.15. The van der Waals surface area contributed by atoms with Crippen LogP contribution in [0.15, 0.2) is 48.5 Å². The lowest BCUT2D eigenvalue weighted by molar-refractivity contribution is -0.139. The van der Waals surface area contributed by atoms with Gasteiger partial charge in [-0.3, -0.25) is 4.79 Å².